The van der Waals surface area contributed by atoms with Crippen LogP contribution in [0.5, 0.6) is 0 Å². The number of rotatable bonds is 1. The average Bonchev–Trinajstić information content (AvgIpc) is 2.28. The second-order valence-corrected chi connectivity index (χ2v) is 6.10. The molecule has 0 radical (unpaired) electrons. The van der Waals surface area contributed by atoms with E-state index >= 15 is 0 Å². The summed E-state index contributed by atoms with van der Waals surface area (Å²) in [5.74, 6) is 0. The number of hydrogen-bond donors (Lipinski definition) is 0. The Balaban J connectivity index is 2.36. The lowest BCUT2D eigenvalue weighted by Crippen LogP contribution is -2.10. The van der Waals surface area contributed by atoms with Crippen molar-refractivity contribution < 1.29 is 0 Å². The zero-order valence-electron chi connectivity index (χ0n) is 10.4. The molecule has 0 N–H and O–H groups in total. The molecule has 0 unspecified atom stereocenters. The maximum atomic E-state index is 4.37. The summed E-state index contributed by atoms with van der Waals surface area (Å²) in [5.41, 5.74) is 3.69. The summed E-state index contributed by atoms with van der Waals surface area (Å²) in [6, 6.07) is 12.6. The highest BCUT2D eigenvalue weighted by Crippen LogP contribution is 2.26. The van der Waals surface area contributed by atoms with E-state index in [1.165, 1.54) is 5.56 Å². The van der Waals surface area contributed by atoms with Crippen LogP contribution in [0, 0.1) is 0 Å². The van der Waals surface area contributed by atoms with Crippen molar-refractivity contribution >= 4 is 15.9 Å². The van der Waals surface area contributed by atoms with Gasteiger partial charge in [-0.05, 0) is 23.1 Å². The molecule has 88 valence electrons. The van der Waals surface area contributed by atoms with Gasteiger partial charge in [0.05, 0.1) is 5.69 Å². The molecule has 0 fully saturated rings. The van der Waals surface area contributed by atoms with Crippen LogP contribution in [-0.2, 0) is 5.41 Å². The zero-order chi connectivity index (χ0) is 12.5. The molecule has 17 heavy (non-hydrogen) atoms. The first-order valence-electron chi connectivity index (χ1n) is 5.69. The summed E-state index contributed by atoms with van der Waals surface area (Å²) >= 11 is 3.47. The van der Waals surface area contributed by atoms with Crippen LogP contribution in [-0.4, -0.2) is 4.98 Å². The number of hydrogen-bond acceptors (Lipinski definition) is 1. The molecule has 0 spiro atoms. The van der Waals surface area contributed by atoms with Crippen LogP contribution in [0.3, 0.4) is 0 Å². The maximum Gasteiger partial charge on any atom is 0.0713 e. The number of pyridine rings is 1. The molecule has 0 aliphatic carbocycles. The molecular weight excluding hydrogens is 274 g/mol. The minimum Gasteiger partial charge on any atom is -0.256 e. The third-order valence-corrected chi connectivity index (χ3v) is 3.26. The summed E-state index contributed by atoms with van der Waals surface area (Å²) in [6.07, 6.45) is 1.82. The van der Waals surface area contributed by atoms with Crippen LogP contribution < -0.4 is 0 Å². The largest absolute Gasteiger partial charge is 0.256 e. The van der Waals surface area contributed by atoms with E-state index in [0.29, 0.717) is 0 Å². The predicted octanol–water partition coefficient (Wildman–Crippen LogP) is 4.81. The maximum absolute atomic E-state index is 4.37. The van der Waals surface area contributed by atoms with Gasteiger partial charge in [-0.3, -0.25) is 4.98 Å². The summed E-state index contributed by atoms with van der Waals surface area (Å²) in [4.78, 5) is 4.37. The fourth-order valence-corrected chi connectivity index (χ4v) is 2.04. The summed E-state index contributed by atoms with van der Waals surface area (Å²) in [7, 11) is 0. The van der Waals surface area contributed by atoms with Gasteiger partial charge < -0.3 is 0 Å². The monoisotopic (exact) mass is 289 g/mol. The van der Waals surface area contributed by atoms with Crippen molar-refractivity contribution in [1.82, 2.24) is 4.98 Å². The molecule has 0 aliphatic rings. The first-order chi connectivity index (χ1) is 7.97. The molecule has 1 aromatic carbocycles. The van der Waals surface area contributed by atoms with E-state index < -0.39 is 0 Å². The predicted molar refractivity (Wildman–Crippen MR) is 76.1 cm³/mol. The van der Waals surface area contributed by atoms with Crippen LogP contribution in [0.4, 0.5) is 0 Å². The Morgan fingerprint density at radius 3 is 2.18 bits per heavy atom. The van der Waals surface area contributed by atoms with Gasteiger partial charge in [0.15, 0.2) is 0 Å². The van der Waals surface area contributed by atoms with Crippen LogP contribution in [0.1, 0.15) is 26.3 Å². The summed E-state index contributed by atoms with van der Waals surface area (Å²) in [5, 5.41) is 0. The molecule has 0 amide bonds. The fraction of sp³-hybridized carbons (Fsp3) is 0.267. The number of halogens is 1. The molecule has 0 atom stereocenters. The van der Waals surface area contributed by atoms with Crippen molar-refractivity contribution in [3.8, 4) is 11.3 Å². The van der Waals surface area contributed by atoms with Crippen molar-refractivity contribution in [2.75, 3.05) is 0 Å². The normalized spacial score (nSPS) is 11.5. The highest BCUT2D eigenvalue weighted by molar-refractivity contribution is 9.10. The van der Waals surface area contributed by atoms with E-state index in [2.05, 4.69) is 66.0 Å². The SMILES string of the molecule is CC(C)(C)c1ccc(-c2cc(Br)ccn2)cc1. The molecule has 2 aromatic rings. The lowest BCUT2D eigenvalue weighted by atomic mass is 9.86. The minimum atomic E-state index is 0.198. The first kappa shape index (κ1) is 12.3. The van der Waals surface area contributed by atoms with E-state index in [-0.39, 0.29) is 5.41 Å². The minimum absolute atomic E-state index is 0.198. The molecule has 0 saturated heterocycles. The Bertz CT molecular complexity index is 509. The molecular formula is C15H16BrN. The number of aromatic nitrogens is 1. The van der Waals surface area contributed by atoms with Gasteiger partial charge in [-0.25, -0.2) is 0 Å². The summed E-state index contributed by atoms with van der Waals surface area (Å²) < 4.78 is 1.06. The standard InChI is InChI=1S/C15H16BrN/c1-15(2,3)12-6-4-11(5-7-12)14-10-13(16)8-9-17-14/h4-10H,1-3H3. The van der Waals surface area contributed by atoms with Crippen molar-refractivity contribution in [3.05, 3.63) is 52.6 Å². The molecule has 0 saturated carbocycles. The molecule has 2 heteroatoms. The quantitative estimate of drug-likeness (QED) is 0.734. The average molecular weight is 290 g/mol. The molecule has 1 aromatic heterocycles. The Labute approximate surface area is 111 Å². The lowest BCUT2D eigenvalue weighted by molar-refractivity contribution is 0.590. The lowest BCUT2D eigenvalue weighted by Gasteiger charge is -2.19. The topological polar surface area (TPSA) is 12.9 Å². The van der Waals surface area contributed by atoms with E-state index in [4.69, 9.17) is 0 Å². The summed E-state index contributed by atoms with van der Waals surface area (Å²) in [6.45, 7) is 6.66. The van der Waals surface area contributed by atoms with Gasteiger partial charge in [0.25, 0.3) is 0 Å². The van der Waals surface area contributed by atoms with Crippen LogP contribution in [0.15, 0.2) is 47.1 Å². The van der Waals surface area contributed by atoms with Crippen molar-refractivity contribution in [1.29, 1.82) is 0 Å². The smallest absolute Gasteiger partial charge is 0.0713 e. The van der Waals surface area contributed by atoms with Gasteiger partial charge in [0.1, 0.15) is 0 Å². The van der Waals surface area contributed by atoms with Crippen molar-refractivity contribution in [3.63, 3.8) is 0 Å². The van der Waals surface area contributed by atoms with E-state index in [1.54, 1.807) is 0 Å². The molecule has 0 bridgehead atoms. The van der Waals surface area contributed by atoms with Crippen molar-refractivity contribution in [2.24, 2.45) is 0 Å². The van der Waals surface area contributed by atoms with Crippen molar-refractivity contribution in [2.45, 2.75) is 26.2 Å². The Kier molecular flexibility index (Phi) is 3.34. The van der Waals surface area contributed by atoms with Gasteiger partial charge in [-0.15, -0.1) is 0 Å². The highest BCUT2D eigenvalue weighted by atomic mass is 79.9. The molecule has 1 nitrogen and oxygen atoms in total. The molecule has 2 rings (SSSR count). The van der Waals surface area contributed by atoms with Gasteiger partial charge in [0.2, 0.25) is 0 Å². The fourth-order valence-electron chi connectivity index (χ4n) is 1.70. The van der Waals surface area contributed by atoms with E-state index in [0.717, 1.165) is 15.7 Å². The highest BCUT2D eigenvalue weighted by Gasteiger charge is 2.13. The second-order valence-electron chi connectivity index (χ2n) is 5.19. The molecule has 1 heterocycles. The van der Waals surface area contributed by atoms with Gasteiger partial charge in [0, 0.05) is 16.2 Å². The second kappa shape index (κ2) is 4.61. The number of benzene rings is 1. The van der Waals surface area contributed by atoms with E-state index in [9.17, 15) is 0 Å². The van der Waals surface area contributed by atoms with Gasteiger partial charge in [-0.1, -0.05) is 61.0 Å². The third-order valence-electron chi connectivity index (χ3n) is 2.77. The number of nitrogens with zero attached hydrogens (tertiary/aromatic N) is 1. The van der Waals surface area contributed by atoms with E-state index in [1.807, 2.05) is 18.3 Å². The van der Waals surface area contributed by atoms with Gasteiger partial charge >= 0.3 is 0 Å². The first-order valence-corrected chi connectivity index (χ1v) is 6.48. The van der Waals surface area contributed by atoms with Crippen LogP contribution in [0.2, 0.25) is 0 Å². The molecule has 0 aliphatic heterocycles. The zero-order valence-corrected chi connectivity index (χ0v) is 12.0. The Hall–Kier alpha value is -1.15. The third kappa shape index (κ3) is 2.95. The Morgan fingerprint density at radius 1 is 1.00 bits per heavy atom. The van der Waals surface area contributed by atoms with Crippen LogP contribution >= 0.6 is 15.9 Å². The Morgan fingerprint density at radius 2 is 1.65 bits per heavy atom. The van der Waals surface area contributed by atoms with Crippen LogP contribution in [0.25, 0.3) is 11.3 Å². The van der Waals surface area contributed by atoms with Gasteiger partial charge in [-0.2, -0.15) is 0 Å².